The van der Waals surface area contributed by atoms with E-state index in [-0.39, 0.29) is 29.8 Å². The maximum atomic E-state index is 13.7. The van der Waals surface area contributed by atoms with Gasteiger partial charge in [0.25, 0.3) is 17.7 Å². The third-order valence-electron chi connectivity index (χ3n) is 7.79. The Morgan fingerprint density at radius 2 is 1.50 bits per heavy atom. The number of nitrogens with zero attached hydrogens (tertiary/aromatic N) is 2. The lowest BCUT2D eigenvalue weighted by Gasteiger charge is -2.14. The summed E-state index contributed by atoms with van der Waals surface area (Å²) in [6, 6.07) is 41.7. The molecule has 0 saturated carbocycles. The van der Waals surface area contributed by atoms with E-state index in [9.17, 15) is 19.2 Å². The largest absolute Gasteiger partial charge is 0.489 e. The minimum atomic E-state index is -0.546. The minimum Gasteiger partial charge on any atom is -0.489 e. The zero-order chi connectivity index (χ0) is 36.3. The second kappa shape index (κ2) is 17.0. The Morgan fingerprint density at radius 3 is 2.21 bits per heavy atom. The van der Waals surface area contributed by atoms with Crippen molar-refractivity contribution in [1.29, 1.82) is 0 Å². The van der Waals surface area contributed by atoms with Crippen molar-refractivity contribution in [2.24, 2.45) is 5.10 Å². The Morgan fingerprint density at radius 1 is 0.827 bits per heavy atom. The third-order valence-corrected chi connectivity index (χ3v) is 8.88. The molecule has 10 nitrogen and oxygen atoms in total. The molecule has 1 unspecified atom stereocenters. The molecule has 1 heterocycles. The van der Waals surface area contributed by atoms with Crippen LogP contribution in [0.3, 0.4) is 0 Å². The fourth-order valence-electron chi connectivity index (χ4n) is 5.13. The molecule has 0 spiro atoms. The molecule has 0 fully saturated rings. The molecule has 0 aliphatic carbocycles. The lowest BCUT2D eigenvalue weighted by Crippen LogP contribution is -2.35. The number of hydrogen-bond acceptors (Lipinski definition) is 7. The first-order valence-corrected chi connectivity index (χ1v) is 17.4. The van der Waals surface area contributed by atoms with Crippen molar-refractivity contribution in [3.05, 3.63) is 162 Å². The maximum absolute atomic E-state index is 13.7. The van der Waals surface area contributed by atoms with E-state index in [1.54, 1.807) is 97.9 Å². The molecule has 1 atom stereocenters. The first-order valence-electron chi connectivity index (χ1n) is 16.5. The molecular formula is C41H35N5O5S. The lowest BCUT2D eigenvalue weighted by atomic mass is 10.1. The number of amides is 4. The maximum Gasteiger partial charge on any atom is 0.272 e. The predicted molar refractivity (Wildman–Crippen MR) is 204 cm³/mol. The molecule has 0 saturated heterocycles. The number of thioether (sulfide) groups is 1. The topological polar surface area (TPSA) is 129 Å². The number of benzene rings is 5. The molecule has 1 aliphatic heterocycles. The van der Waals surface area contributed by atoms with Crippen molar-refractivity contribution in [2.45, 2.75) is 30.1 Å². The fraction of sp³-hybridized carbons (Fsp3) is 0.0976. The standard InChI is InChI=1S/C41H35N5O5S/c1-28(39(48)44-37-26-38(47)46(45-37)33-17-9-4-10-18-33)52-35-19-11-16-32(25-35)42-41(50)36(43-40(49)31-14-7-3-8-15-31)24-29-20-22-34(23-21-29)51-27-30-12-5-2-6-13-30/h2-25,28H,26-27H2,1H3,(H,42,50)(H,43,49)(H,44,45,48)/b36-24-. The molecule has 260 valence electrons. The second-order valence-corrected chi connectivity index (χ2v) is 13.1. The van der Waals surface area contributed by atoms with Gasteiger partial charge in [-0.05, 0) is 78.7 Å². The summed E-state index contributed by atoms with van der Waals surface area (Å²) in [7, 11) is 0. The summed E-state index contributed by atoms with van der Waals surface area (Å²) in [6.45, 7) is 2.16. The first kappa shape index (κ1) is 35.4. The van der Waals surface area contributed by atoms with Crippen molar-refractivity contribution in [1.82, 2.24) is 10.6 Å². The van der Waals surface area contributed by atoms with Gasteiger partial charge in [0.1, 0.15) is 23.9 Å². The number of carbonyl (C=O) groups excluding carboxylic acids is 4. The molecule has 0 bridgehead atoms. The summed E-state index contributed by atoms with van der Waals surface area (Å²) < 4.78 is 5.89. The molecule has 3 N–H and O–H groups in total. The van der Waals surface area contributed by atoms with E-state index in [4.69, 9.17) is 4.74 Å². The highest BCUT2D eigenvalue weighted by Crippen LogP contribution is 2.27. The van der Waals surface area contributed by atoms with Gasteiger partial charge in [-0.1, -0.05) is 84.9 Å². The van der Waals surface area contributed by atoms with Crippen LogP contribution < -0.4 is 25.7 Å². The number of amidine groups is 1. The molecule has 5 aromatic carbocycles. The van der Waals surface area contributed by atoms with Crippen LogP contribution in [0.4, 0.5) is 11.4 Å². The van der Waals surface area contributed by atoms with E-state index in [1.807, 2.05) is 54.6 Å². The molecule has 0 aromatic heterocycles. The lowest BCUT2D eigenvalue weighted by molar-refractivity contribution is -0.119. The average Bonchev–Trinajstić information content (AvgIpc) is 3.54. The summed E-state index contributed by atoms with van der Waals surface area (Å²) in [5.41, 5.74) is 3.25. The zero-order valence-electron chi connectivity index (χ0n) is 28.2. The monoisotopic (exact) mass is 709 g/mol. The van der Waals surface area contributed by atoms with E-state index >= 15 is 0 Å². The van der Waals surface area contributed by atoms with Gasteiger partial charge in [-0.3, -0.25) is 19.2 Å². The van der Waals surface area contributed by atoms with Crippen LogP contribution in [0, 0.1) is 0 Å². The SMILES string of the molecule is CC(Sc1cccc(NC(=O)/C(=C/c2ccc(OCc3ccccc3)cc2)NC(=O)c2ccccc2)c1)C(=O)NC1=NN(c2ccccc2)C(=O)C1. The molecular weight excluding hydrogens is 675 g/mol. The number of carbonyl (C=O) groups is 4. The number of nitrogens with one attached hydrogen (secondary N) is 3. The molecule has 52 heavy (non-hydrogen) atoms. The predicted octanol–water partition coefficient (Wildman–Crippen LogP) is 7.02. The van der Waals surface area contributed by atoms with E-state index in [2.05, 4.69) is 21.1 Å². The van der Waals surface area contributed by atoms with Gasteiger partial charge in [0.05, 0.1) is 17.4 Å². The Hall–Kier alpha value is -6.46. The van der Waals surface area contributed by atoms with Crippen LogP contribution in [0.5, 0.6) is 5.75 Å². The van der Waals surface area contributed by atoms with Crippen molar-refractivity contribution < 1.29 is 23.9 Å². The Balaban J connectivity index is 1.11. The fourth-order valence-corrected chi connectivity index (χ4v) is 6.05. The molecule has 6 rings (SSSR count). The van der Waals surface area contributed by atoms with Gasteiger partial charge in [0.2, 0.25) is 5.91 Å². The van der Waals surface area contributed by atoms with E-state index in [0.717, 1.165) is 10.5 Å². The van der Waals surface area contributed by atoms with E-state index < -0.39 is 17.1 Å². The normalized spacial score (nSPS) is 13.2. The Labute approximate surface area is 305 Å². The van der Waals surface area contributed by atoms with Crippen LogP contribution in [-0.4, -0.2) is 34.7 Å². The van der Waals surface area contributed by atoms with Crippen molar-refractivity contribution in [3.8, 4) is 5.75 Å². The summed E-state index contributed by atoms with van der Waals surface area (Å²) >= 11 is 1.28. The number of rotatable bonds is 12. The van der Waals surface area contributed by atoms with Crippen LogP contribution in [0.25, 0.3) is 6.08 Å². The van der Waals surface area contributed by atoms with Gasteiger partial charge in [-0.15, -0.1) is 11.8 Å². The molecule has 0 radical (unpaired) electrons. The average molecular weight is 710 g/mol. The Kier molecular flexibility index (Phi) is 11.5. The second-order valence-electron chi connectivity index (χ2n) is 11.7. The van der Waals surface area contributed by atoms with Gasteiger partial charge < -0.3 is 20.7 Å². The number of para-hydroxylation sites is 1. The van der Waals surface area contributed by atoms with Crippen molar-refractivity contribution in [2.75, 3.05) is 10.3 Å². The van der Waals surface area contributed by atoms with Gasteiger partial charge >= 0.3 is 0 Å². The number of ether oxygens (including phenoxy) is 1. The first-order chi connectivity index (χ1) is 25.3. The molecule has 11 heteroatoms. The highest BCUT2D eigenvalue weighted by atomic mass is 32.2. The highest BCUT2D eigenvalue weighted by Gasteiger charge is 2.27. The van der Waals surface area contributed by atoms with Crippen LogP contribution in [-0.2, 0) is 21.0 Å². The summed E-state index contributed by atoms with van der Waals surface area (Å²) in [6.07, 6.45) is 1.58. The number of hydrogen-bond donors (Lipinski definition) is 3. The quantitative estimate of drug-likeness (QED) is 0.0944. The number of hydrazone groups is 1. The summed E-state index contributed by atoms with van der Waals surface area (Å²) in [5, 5.41) is 13.4. The van der Waals surface area contributed by atoms with Crippen LogP contribution >= 0.6 is 11.8 Å². The molecule has 4 amide bonds. The third kappa shape index (κ3) is 9.61. The van der Waals surface area contributed by atoms with Crippen molar-refractivity contribution in [3.63, 3.8) is 0 Å². The van der Waals surface area contributed by atoms with Crippen LogP contribution in [0.2, 0.25) is 0 Å². The minimum absolute atomic E-state index is 0.0115. The van der Waals surface area contributed by atoms with Gasteiger partial charge in [0.15, 0.2) is 0 Å². The zero-order valence-corrected chi connectivity index (χ0v) is 29.0. The van der Waals surface area contributed by atoms with Gasteiger partial charge in [-0.2, -0.15) is 10.1 Å². The van der Waals surface area contributed by atoms with Crippen LogP contribution in [0.15, 0.2) is 155 Å². The van der Waals surface area contributed by atoms with Crippen LogP contribution in [0.1, 0.15) is 34.8 Å². The van der Waals surface area contributed by atoms with Gasteiger partial charge in [0, 0.05) is 16.1 Å². The number of anilines is 2. The van der Waals surface area contributed by atoms with Gasteiger partial charge in [-0.25, -0.2) is 0 Å². The van der Waals surface area contributed by atoms with E-state index in [1.165, 1.54) is 16.8 Å². The smallest absolute Gasteiger partial charge is 0.272 e. The molecule has 1 aliphatic rings. The van der Waals surface area contributed by atoms with E-state index in [0.29, 0.717) is 34.9 Å². The highest BCUT2D eigenvalue weighted by molar-refractivity contribution is 8.00. The summed E-state index contributed by atoms with van der Waals surface area (Å²) in [5.74, 6) is -0.576. The Bertz CT molecular complexity index is 2110. The summed E-state index contributed by atoms with van der Waals surface area (Å²) in [4.78, 5) is 53.1. The molecule has 5 aromatic rings. The van der Waals surface area contributed by atoms with Crippen molar-refractivity contribution >= 4 is 58.7 Å².